The number of amides is 1. The van der Waals surface area contributed by atoms with Gasteiger partial charge in [-0.3, -0.25) is 4.79 Å². The van der Waals surface area contributed by atoms with E-state index in [0.717, 1.165) is 28.3 Å². The van der Waals surface area contributed by atoms with Gasteiger partial charge in [-0.2, -0.15) is 5.10 Å². The molecule has 10 heteroatoms. The van der Waals surface area contributed by atoms with E-state index in [2.05, 4.69) is 9.84 Å². The van der Waals surface area contributed by atoms with Crippen molar-refractivity contribution in [1.82, 2.24) is 5.01 Å². The zero-order valence-corrected chi connectivity index (χ0v) is 16.3. The van der Waals surface area contributed by atoms with Crippen LogP contribution in [0.25, 0.3) is 0 Å². The van der Waals surface area contributed by atoms with Crippen LogP contribution in [-0.2, 0) is 11.2 Å². The number of alkyl halides is 3. The van der Waals surface area contributed by atoms with Gasteiger partial charge in [-0.05, 0) is 48.2 Å². The molecule has 0 bridgehead atoms. The van der Waals surface area contributed by atoms with Crippen LogP contribution in [0.5, 0.6) is 11.5 Å². The van der Waals surface area contributed by atoms with Gasteiger partial charge >= 0.3 is 6.36 Å². The van der Waals surface area contributed by atoms with Gasteiger partial charge in [0.05, 0.1) is 18.9 Å². The summed E-state index contributed by atoms with van der Waals surface area (Å²) in [5, 5.41) is 14.9. The van der Waals surface area contributed by atoms with Gasteiger partial charge in [0.25, 0.3) is 5.91 Å². The Labute approximate surface area is 174 Å². The molecular formula is C21H18F4N2O4. The van der Waals surface area contributed by atoms with Gasteiger partial charge in [0.1, 0.15) is 12.4 Å². The molecule has 1 N–H and O–H groups in total. The average molecular weight is 438 g/mol. The molecule has 2 atom stereocenters. The number of hydrazone groups is 1. The summed E-state index contributed by atoms with van der Waals surface area (Å²) in [6, 6.07) is 7.79. The summed E-state index contributed by atoms with van der Waals surface area (Å²) >= 11 is 0. The third-order valence-electron chi connectivity index (χ3n) is 5.44. The van der Waals surface area contributed by atoms with Crippen molar-refractivity contribution in [1.29, 1.82) is 0 Å². The van der Waals surface area contributed by atoms with E-state index < -0.39 is 36.5 Å². The van der Waals surface area contributed by atoms with Gasteiger partial charge in [-0.15, -0.1) is 13.2 Å². The molecule has 0 saturated heterocycles. The van der Waals surface area contributed by atoms with Crippen molar-refractivity contribution in [3.05, 3.63) is 58.9 Å². The summed E-state index contributed by atoms with van der Waals surface area (Å²) in [4.78, 5) is 12.4. The third kappa shape index (κ3) is 3.95. The maximum absolute atomic E-state index is 14.4. The normalized spacial score (nSPS) is 20.1. The topological polar surface area (TPSA) is 71.4 Å². The number of rotatable bonds is 4. The Morgan fingerprint density at radius 2 is 2.03 bits per heavy atom. The molecule has 1 heterocycles. The zero-order chi connectivity index (χ0) is 22.3. The molecule has 0 spiro atoms. The molecule has 0 saturated carbocycles. The summed E-state index contributed by atoms with van der Waals surface area (Å²) in [6.45, 7) is -0.817. The highest BCUT2D eigenvalue weighted by Gasteiger charge is 2.44. The predicted octanol–water partition coefficient (Wildman–Crippen LogP) is 3.58. The van der Waals surface area contributed by atoms with E-state index in [1.54, 1.807) is 6.07 Å². The summed E-state index contributed by atoms with van der Waals surface area (Å²) in [7, 11) is 1.52. The van der Waals surface area contributed by atoms with Crippen LogP contribution in [0.4, 0.5) is 17.6 Å². The number of halogens is 4. The minimum absolute atomic E-state index is 0.254. The summed E-state index contributed by atoms with van der Waals surface area (Å²) in [5.74, 6) is -2.60. The van der Waals surface area contributed by atoms with Crippen LogP contribution in [0.15, 0.2) is 41.5 Å². The second-order valence-corrected chi connectivity index (χ2v) is 7.23. The van der Waals surface area contributed by atoms with E-state index in [-0.39, 0.29) is 11.5 Å². The molecule has 31 heavy (non-hydrogen) atoms. The molecule has 2 aromatic carbocycles. The number of aryl methyl sites for hydroxylation is 1. The number of aliphatic hydroxyl groups excluding tert-OH is 1. The quantitative estimate of drug-likeness (QED) is 0.741. The number of hydrogen-bond acceptors (Lipinski definition) is 5. The van der Waals surface area contributed by atoms with Crippen LogP contribution in [0.2, 0.25) is 0 Å². The maximum atomic E-state index is 14.4. The fourth-order valence-corrected chi connectivity index (χ4v) is 4.14. The Morgan fingerprint density at radius 3 is 2.68 bits per heavy atom. The highest BCUT2D eigenvalue weighted by atomic mass is 19.4. The second-order valence-electron chi connectivity index (χ2n) is 7.23. The van der Waals surface area contributed by atoms with Crippen LogP contribution >= 0.6 is 0 Å². The number of nitrogens with zero attached hydrogens (tertiary/aromatic N) is 2. The van der Waals surface area contributed by atoms with E-state index in [9.17, 15) is 27.5 Å². The Morgan fingerprint density at radius 1 is 1.26 bits per heavy atom. The summed E-state index contributed by atoms with van der Waals surface area (Å²) < 4.78 is 60.7. The molecule has 1 aliphatic heterocycles. The van der Waals surface area contributed by atoms with Gasteiger partial charge in [-0.25, -0.2) is 9.40 Å². The van der Waals surface area contributed by atoms with Crippen LogP contribution in [0.1, 0.15) is 29.2 Å². The number of methoxy groups -OCH3 is 1. The second kappa shape index (κ2) is 7.84. The largest absolute Gasteiger partial charge is 0.573 e. The minimum atomic E-state index is -5.03. The standard InChI is InChI=1S/C21H18F4N2O4/c1-30-13-5-2-11-3-6-14-19(15(11)9-13)26-27(18(29)10-28)20(14)12-4-7-17(16(22)8-12)31-21(23,24)25/h2,4-5,7-9,14,20,28H,3,6,10H2,1H3/t14-,20-/m1/s1. The lowest BCUT2D eigenvalue weighted by molar-refractivity contribution is -0.275. The minimum Gasteiger partial charge on any atom is -0.497 e. The van der Waals surface area contributed by atoms with E-state index in [1.165, 1.54) is 13.2 Å². The maximum Gasteiger partial charge on any atom is 0.573 e. The first-order valence-corrected chi connectivity index (χ1v) is 9.45. The molecule has 4 rings (SSSR count). The number of carbonyl (C=O) groups excluding carboxylic acids is 1. The van der Waals surface area contributed by atoms with Gasteiger partial charge in [0.15, 0.2) is 11.6 Å². The molecule has 0 unspecified atom stereocenters. The molecule has 0 aromatic heterocycles. The summed E-state index contributed by atoms with van der Waals surface area (Å²) in [6.07, 6.45) is -3.78. The monoisotopic (exact) mass is 438 g/mol. The Bertz CT molecular complexity index is 1050. The van der Waals surface area contributed by atoms with E-state index in [1.807, 2.05) is 12.1 Å². The molecule has 2 aliphatic rings. The van der Waals surface area contributed by atoms with E-state index in [0.29, 0.717) is 24.3 Å². The first-order chi connectivity index (χ1) is 14.7. The van der Waals surface area contributed by atoms with E-state index >= 15 is 0 Å². The summed E-state index contributed by atoms with van der Waals surface area (Å²) in [5.41, 5.74) is 2.63. The van der Waals surface area contributed by atoms with Crippen molar-refractivity contribution in [2.45, 2.75) is 25.2 Å². The fraction of sp³-hybridized carbons (Fsp3) is 0.333. The first-order valence-electron chi connectivity index (χ1n) is 9.45. The fourth-order valence-electron chi connectivity index (χ4n) is 4.14. The number of hydrogen-bond donors (Lipinski definition) is 1. The van der Waals surface area contributed by atoms with Crippen molar-refractivity contribution in [2.75, 3.05) is 13.7 Å². The Kier molecular flexibility index (Phi) is 5.34. The van der Waals surface area contributed by atoms with Crippen LogP contribution in [0, 0.1) is 11.7 Å². The van der Waals surface area contributed by atoms with Crippen LogP contribution < -0.4 is 9.47 Å². The molecule has 0 fully saturated rings. The van der Waals surface area contributed by atoms with Gasteiger partial charge < -0.3 is 14.6 Å². The third-order valence-corrected chi connectivity index (χ3v) is 5.44. The van der Waals surface area contributed by atoms with Gasteiger partial charge in [0, 0.05) is 11.5 Å². The number of aliphatic hydroxyl groups is 1. The van der Waals surface area contributed by atoms with Crippen molar-refractivity contribution in [2.24, 2.45) is 11.0 Å². The highest BCUT2D eigenvalue weighted by molar-refractivity contribution is 6.07. The molecule has 1 aliphatic carbocycles. The highest BCUT2D eigenvalue weighted by Crippen LogP contribution is 2.44. The van der Waals surface area contributed by atoms with Crippen LogP contribution in [0.3, 0.4) is 0 Å². The van der Waals surface area contributed by atoms with Gasteiger partial charge in [-0.1, -0.05) is 12.1 Å². The molecule has 2 aromatic rings. The average Bonchev–Trinajstić information content (AvgIpc) is 3.13. The Balaban J connectivity index is 1.74. The first kappa shape index (κ1) is 21.1. The molecule has 6 nitrogen and oxygen atoms in total. The van der Waals surface area contributed by atoms with Crippen molar-refractivity contribution in [3.63, 3.8) is 0 Å². The lowest BCUT2D eigenvalue weighted by Gasteiger charge is -2.29. The van der Waals surface area contributed by atoms with Crippen molar-refractivity contribution < 1.29 is 36.9 Å². The van der Waals surface area contributed by atoms with Gasteiger partial charge in [0.2, 0.25) is 0 Å². The number of carbonyl (C=O) groups is 1. The van der Waals surface area contributed by atoms with E-state index in [4.69, 9.17) is 4.74 Å². The predicted molar refractivity (Wildman–Crippen MR) is 101 cm³/mol. The lowest BCUT2D eigenvalue weighted by Crippen LogP contribution is -2.33. The Hall–Kier alpha value is -3.14. The number of fused-ring (bicyclic) bond motifs is 3. The van der Waals surface area contributed by atoms with Crippen molar-refractivity contribution in [3.8, 4) is 11.5 Å². The lowest BCUT2D eigenvalue weighted by atomic mass is 9.77. The van der Waals surface area contributed by atoms with Crippen molar-refractivity contribution >= 4 is 11.6 Å². The number of ether oxygens (including phenoxy) is 2. The molecule has 0 radical (unpaired) electrons. The zero-order valence-electron chi connectivity index (χ0n) is 16.3. The molecular weight excluding hydrogens is 420 g/mol. The molecule has 164 valence electrons. The van der Waals surface area contributed by atoms with Crippen LogP contribution in [-0.4, -0.2) is 41.8 Å². The SMILES string of the molecule is COc1ccc2c(c1)C1=NN(C(=O)CO)[C@H](c3ccc(OC(F)(F)F)c(F)c3)[C@@H]1CC2. The smallest absolute Gasteiger partial charge is 0.497 e. The number of benzene rings is 2. The molecule has 1 amide bonds.